The van der Waals surface area contributed by atoms with Crippen LogP contribution < -0.4 is 4.72 Å². The van der Waals surface area contributed by atoms with E-state index >= 15 is 0 Å². The average Bonchev–Trinajstić information content (AvgIpc) is 3.15. The molecule has 0 bridgehead atoms. The molecule has 0 fully saturated rings. The second-order valence-electron chi connectivity index (χ2n) is 6.64. The van der Waals surface area contributed by atoms with Crippen LogP contribution in [0.2, 0.25) is 0 Å². The Bertz CT molecular complexity index is 832. The van der Waals surface area contributed by atoms with Crippen molar-refractivity contribution in [3.05, 3.63) is 62.5 Å². The van der Waals surface area contributed by atoms with E-state index in [9.17, 15) is 10.1 Å². The van der Waals surface area contributed by atoms with Gasteiger partial charge in [0.25, 0.3) is 5.69 Å². The summed E-state index contributed by atoms with van der Waals surface area (Å²) in [5.74, 6) is 0. The predicted molar refractivity (Wildman–Crippen MR) is 123 cm³/mol. The lowest BCUT2D eigenvalue weighted by molar-refractivity contribution is -0.384. The predicted octanol–water partition coefficient (Wildman–Crippen LogP) is 7.09. The summed E-state index contributed by atoms with van der Waals surface area (Å²) in [6.45, 7) is 14.4. The minimum atomic E-state index is -0.396. The summed E-state index contributed by atoms with van der Waals surface area (Å²) in [5.41, 5.74) is 2.10. The molecule has 0 saturated carbocycles. The number of non-ortho nitro benzene ring substituents is 1. The van der Waals surface area contributed by atoms with Gasteiger partial charge in [0.2, 0.25) is 0 Å². The van der Waals surface area contributed by atoms with Crippen LogP contribution in [0, 0.1) is 10.1 Å². The SMILES string of the molecule is C/C=C(SNC(C)(C)C)\C(=C/C)c1cnc(-c2ccc([N+](=O)[O-])cc2)s1.CC. The highest BCUT2D eigenvalue weighted by atomic mass is 32.2. The summed E-state index contributed by atoms with van der Waals surface area (Å²) in [4.78, 5) is 17.1. The molecule has 7 heteroatoms. The lowest BCUT2D eigenvalue weighted by Crippen LogP contribution is -2.30. The molecule has 0 atom stereocenters. The van der Waals surface area contributed by atoms with Crippen molar-refractivity contribution in [1.29, 1.82) is 0 Å². The second-order valence-corrected chi connectivity index (χ2v) is 8.52. The quantitative estimate of drug-likeness (QED) is 0.234. The first kappa shape index (κ1) is 24.1. The second kappa shape index (κ2) is 11.1. The van der Waals surface area contributed by atoms with Gasteiger partial charge in [-0.3, -0.25) is 14.8 Å². The molecule has 2 aromatic rings. The van der Waals surface area contributed by atoms with Gasteiger partial charge in [0, 0.05) is 39.9 Å². The summed E-state index contributed by atoms with van der Waals surface area (Å²) in [5, 5.41) is 11.6. The molecule has 0 spiro atoms. The highest BCUT2D eigenvalue weighted by Crippen LogP contribution is 2.37. The molecule has 5 nitrogen and oxygen atoms in total. The molecule has 2 rings (SSSR count). The molecule has 0 aliphatic carbocycles. The minimum Gasteiger partial charge on any atom is -0.258 e. The van der Waals surface area contributed by atoms with Gasteiger partial charge in [-0.25, -0.2) is 4.98 Å². The summed E-state index contributed by atoms with van der Waals surface area (Å²) in [6.07, 6.45) is 6.03. The number of nitro benzene ring substituents is 1. The first-order valence-electron chi connectivity index (χ1n) is 9.23. The van der Waals surface area contributed by atoms with Gasteiger partial charge in [0.15, 0.2) is 0 Å². The molecule has 0 radical (unpaired) electrons. The number of nitrogens with one attached hydrogen (secondary N) is 1. The molecule has 0 amide bonds. The maximum atomic E-state index is 10.8. The Balaban J connectivity index is 0.00000190. The number of benzene rings is 1. The minimum absolute atomic E-state index is 0.00932. The molecule has 0 saturated heterocycles. The van der Waals surface area contributed by atoms with E-state index in [0.717, 1.165) is 25.9 Å². The van der Waals surface area contributed by atoms with Crippen molar-refractivity contribution in [3.8, 4) is 10.6 Å². The van der Waals surface area contributed by atoms with Crippen molar-refractivity contribution in [1.82, 2.24) is 9.71 Å². The summed E-state index contributed by atoms with van der Waals surface area (Å²) < 4.78 is 3.44. The van der Waals surface area contributed by atoms with Crippen molar-refractivity contribution in [3.63, 3.8) is 0 Å². The van der Waals surface area contributed by atoms with Gasteiger partial charge >= 0.3 is 0 Å². The fourth-order valence-electron chi connectivity index (χ4n) is 2.14. The van der Waals surface area contributed by atoms with Crippen LogP contribution in [0.15, 0.2) is 47.5 Å². The van der Waals surface area contributed by atoms with Gasteiger partial charge in [-0.05, 0) is 58.7 Å². The van der Waals surface area contributed by atoms with Crippen LogP contribution in [-0.4, -0.2) is 15.4 Å². The maximum absolute atomic E-state index is 10.8. The first-order valence-corrected chi connectivity index (χ1v) is 10.9. The number of aromatic nitrogens is 1. The van der Waals surface area contributed by atoms with E-state index < -0.39 is 4.92 Å². The van der Waals surface area contributed by atoms with Crippen molar-refractivity contribution < 1.29 is 4.92 Å². The monoisotopic (exact) mass is 419 g/mol. The molecule has 28 heavy (non-hydrogen) atoms. The van der Waals surface area contributed by atoms with Gasteiger partial charge in [-0.2, -0.15) is 0 Å². The molecule has 1 heterocycles. The molecular formula is C21H29N3O2S2. The Morgan fingerprint density at radius 2 is 1.79 bits per heavy atom. The molecule has 0 unspecified atom stereocenters. The third-order valence-corrected chi connectivity index (χ3v) is 5.85. The van der Waals surface area contributed by atoms with Crippen molar-refractivity contribution in [2.24, 2.45) is 0 Å². The van der Waals surface area contributed by atoms with Gasteiger partial charge in [0.1, 0.15) is 5.01 Å². The Kier molecular flexibility index (Phi) is 9.58. The Hall–Kier alpha value is -1.96. The highest BCUT2D eigenvalue weighted by Gasteiger charge is 2.16. The molecule has 0 aliphatic heterocycles. The number of rotatable bonds is 6. The standard InChI is InChI=1S/C19H23N3O2S2.C2H6/c1-6-15(16(7-2)26-21-19(3,4)5)17-12-20-18(25-17)13-8-10-14(11-9-13)22(23)24;1-2/h6-12,21H,1-5H3;1-2H3/b15-6+,16-7+;. The number of thiazole rings is 1. The lowest BCUT2D eigenvalue weighted by atomic mass is 10.1. The van der Waals surface area contributed by atoms with E-state index in [4.69, 9.17) is 0 Å². The molecule has 1 N–H and O–H groups in total. The van der Waals surface area contributed by atoms with Crippen molar-refractivity contribution >= 4 is 34.5 Å². The lowest BCUT2D eigenvalue weighted by Gasteiger charge is -2.21. The summed E-state index contributed by atoms with van der Waals surface area (Å²) in [7, 11) is 0. The van der Waals surface area contributed by atoms with Crippen LogP contribution in [0.5, 0.6) is 0 Å². The number of allylic oxidation sites excluding steroid dienone is 3. The Morgan fingerprint density at radius 3 is 2.25 bits per heavy atom. The summed E-state index contributed by atoms with van der Waals surface area (Å²) in [6, 6.07) is 6.49. The number of hydrogen-bond acceptors (Lipinski definition) is 6. The van der Waals surface area contributed by atoms with Crippen LogP contribution in [-0.2, 0) is 0 Å². The van der Waals surface area contributed by atoms with Gasteiger partial charge in [-0.15, -0.1) is 11.3 Å². The van der Waals surface area contributed by atoms with Crippen molar-refractivity contribution in [2.45, 2.75) is 54.0 Å². The first-order chi connectivity index (χ1) is 13.2. The van der Waals surface area contributed by atoms with E-state index in [1.54, 1.807) is 35.4 Å². The van der Waals surface area contributed by atoms with E-state index in [1.165, 1.54) is 12.1 Å². The molecule has 1 aromatic heterocycles. The van der Waals surface area contributed by atoms with Gasteiger partial charge < -0.3 is 0 Å². The highest BCUT2D eigenvalue weighted by molar-refractivity contribution is 8.01. The zero-order valence-electron chi connectivity index (χ0n) is 17.6. The topological polar surface area (TPSA) is 68.1 Å². The molecule has 152 valence electrons. The number of nitrogens with zero attached hydrogens (tertiary/aromatic N) is 2. The third-order valence-electron chi connectivity index (χ3n) is 3.38. The smallest absolute Gasteiger partial charge is 0.258 e. The average molecular weight is 420 g/mol. The van der Waals surface area contributed by atoms with Gasteiger partial charge in [0.05, 0.1) is 9.80 Å². The Morgan fingerprint density at radius 1 is 1.18 bits per heavy atom. The molecular weight excluding hydrogens is 390 g/mol. The normalized spacial score (nSPS) is 12.4. The largest absolute Gasteiger partial charge is 0.269 e. The zero-order chi connectivity index (χ0) is 21.3. The van der Waals surface area contributed by atoms with Crippen LogP contribution >= 0.6 is 23.3 Å². The van der Waals surface area contributed by atoms with E-state index in [0.29, 0.717) is 0 Å². The van der Waals surface area contributed by atoms with E-state index in [2.05, 4.69) is 42.6 Å². The zero-order valence-corrected chi connectivity index (χ0v) is 19.2. The summed E-state index contributed by atoms with van der Waals surface area (Å²) >= 11 is 3.19. The number of nitro groups is 1. The third kappa shape index (κ3) is 6.89. The fourth-order valence-corrected chi connectivity index (χ4v) is 4.09. The van der Waals surface area contributed by atoms with Crippen LogP contribution in [0.1, 0.15) is 53.3 Å². The van der Waals surface area contributed by atoms with Gasteiger partial charge in [-0.1, -0.05) is 26.0 Å². The van der Waals surface area contributed by atoms with Crippen LogP contribution in [0.25, 0.3) is 16.1 Å². The molecule has 1 aromatic carbocycles. The number of hydrogen-bond donors (Lipinski definition) is 1. The fraction of sp³-hybridized carbons (Fsp3) is 0.381. The van der Waals surface area contributed by atoms with Crippen molar-refractivity contribution in [2.75, 3.05) is 0 Å². The van der Waals surface area contributed by atoms with Crippen LogP contribution in [0.3, 0.4) is 0 Å². The molecule has 0 aliphatic rings. The van der Waals surface area contributed by atoms with E-state index in [-0.39, 0.29) is 11.2 Å². The maximum Gasteiger partial charge on any atom is 0.269 e. The van der Waals surface area contributed by atoms with E-state index in [1.807, 2.05) is 33.9 Å². The van der Waals surface area contributed by atoms with Crippen LogP contribution in [0.4, 0.5) is 5.69 Å². The Labute approximate surface area is 176 Å².